The van der Waals surface area contributed by atoms with E-state index >= 15 is 0 Å². The van der Waals surface area contributed by atoms with Crippen molar-refractivity contribution in [1.82, 2.24) is 9.47 Å². The number of hydrogen-bond donors (Lipinski definition) is 0. The third-order valence-corrected chi connectivity index (χ3v) is 4.13. The Morgan fingerprint density at radius 3 is 2.73 bits per heavy atom. The number of methoxy groups -OCH3 is 1. The first-order valence-electron chi connectivity index (χ1n) is 8.56. The minimum absolute atomic E-state index is 0.409. The average Bonchev–Trinajstić information content (AvgIpc) is 3.01. The van der Waals surface area contributed by atoms with Gasteiger partial charge >= 0.3 is 6.18 Å². The van der Waals surface area contributed by atoms with Crippen molar-refractivity contribution in [2.24, 2.45) is 0 Å². The maximum absolute atomic E-state index is 12.9. The van der Waals surface area contributed by atoms with Crippen LogP contribution in [-0.2, 0) is 24.0 Å². The van der Waals surface area contributed by atoms with Crippen LogP contribution >= 0.6 is 0 Å². The van der Waals surface area contributed by atoms with E-state index in [9.17, 15) is 13.2 Å². The van der Waals surface area contributed by atoms with Crippen molar-refractivity contribution in [3.05, 3.63) is 72.1 Å². The molecule has 1 aromatic heterocycles. The lowest BCUT2D eigenvalue weighted by molar-refractivity contribution is -0.137. The number of benzene rings is 1. The molecule has 0 spiro atoms. The average molecular weight is 366 g/mol. The summed E-state index contributed by atoms with van der Waals surface area (Å²) >= 11 is 0. The molecule has 0 aliphatic carbocycles. The van der Waals surface area contributed by atoms with Crippen LogP contribution in [0.1, 0.15) is 23.2 Å². The van der Waals surface area contributed by atoms with E-state index in [-0.39, 0.29) is 0 Å². The molecule has 142 valence electrons. The first kappa shape index (κ1) is 20.3. The van der Waals surface area contributed by atoms with Crippen molar-refractivity contribution in [1.29, 1.82) is 0 Å². The van der Waals surface area contributed by atoms with Crippen LogP contribution in [0.2, 0.25) is 0 Å². The van der Waals surface area contributed by atoms with Crippen molar-refractivity contribution < 1.29 is 17.9 Å². The number of ether oxygens (including phenoxy) is 1. The fourth-order valence-electron chi connectivity index (χ4n) is 2.87. The molecule has 0 aliphatic heterocycles. The highest BCUT2D eigenvalue weighted by Gasteiger charge is 2.30. The summed E-state index contributed by atoms with van der Waals surface area (Å²) in [5.41, 5.74) is 1.07. The molecule has 0 fully saturated rings. The zero-order valence-corrected chi connectivity index (χ0v) is 15.0. The van der Waals surface area contributed by atoms with Gasteiger partial charge in [-0.25, -0.2) is 0 Å². The summed E-state index contributed by atoms with van der Waals surface area (Å²) in [5.74, 6) is 0. The molecule has 0 radical (unpaired) electrons. The van der Waals surface area contributed by atoms with Crippen LogP contribution in [0.5, 0.6) is 0 Å². The maximum atomic E-state index is 12.9. The van der Waals surface area contributed by atoms with Gasteiger partial charge in [-0.2, -0.15) is 13.2 Å². The quantitative estimate of drug-likeness (QED) is 0.452. The normalized spacial score (nSPS) is 11.9. The first-order valence-corrected chi connectivity index (χ1v) is 8.56. The number of nitrogens with zero attached hydrogens (tertiary/aromatic N) is 2. The summed E-state index contributed by atoms with van der Waals surface area (Å²) in [6.45, 7) is 7.23. The third kappa shape index (κ3) is 6.04. The molecule has 0 unspecified atom stereocenters. The fraction of sp³-hybridized carbons (Fsp3) is 0.400. The van der Waals surface area contributed by atoms with E-state index in [0.29, 0.717) is 25.3 Å². The lowest BCUT2D eigenvalue weighted by Gasteiger charge is -2.22. The number of aromatic nitrogens is 1. The van der Waals surface area contributed by atoms with Crippen LogP contribution in [0.3, 0.4) is 0 Å². The minimum Gasteiger partial charge on any atom is -0.385 e. The van der Waals surface area contributed by atoms with Gasteiger partial charge in [-0.1, -0.05) is 18.2 Å². The number of hydrogen-bond acceptors (Lipinski definition) is 2. The van der Waals surface area contributed by atoms with Gasteiger partial charge in [-0.3, -0.25) is 4.90 Å². The zero-order valence-electron chi connectivity index (χ0n) is 15.0. The smallest absolute Gasteiger partial charge is 0.385 e. The Balaban J connectivity index is 2.08. The van der Waals surface area contributed by atoms with Crippen LogP contribution in [-0.4, -0.2) is 36.3 Å². The third-order valence-electron chi connectivity index (χ3n) is 4.13. The minimum atomic E-state index is -4.32. The Morgan fingerprint density at radius 2 is 2.04 bits per heavy atom. The van der Waals surface area contributed by atoms with Crippen molar-refractivity contribution in [3.8, 4) is 0 Å². The molecule has 0 saturated heterocycles. The van der Waals surface area contributed by atoms with Crippen LogP contribution in [0.25, 0.3) is 0 Å². The highest BCUT2D eigenvalue weighted by Crippen LogP contribution is 2.29. The van der Waals surface area contributed by atoms with E-state index in [0.717, 1.165) is 31.3 Å². The predicted molar refractivity (Wildman–Crippen MR) is 96.9 cm³/mol. The Labute approximate surface area is 152 Å². The summed E-state index contributed by atoms with van der Waals surface area (Å²) < 4.78 is 45.8. The van der Waals surface area contributed by atoms with Gasteiger partial charge in [-0.15, -0.1) is 6.58 Å². The lowest BCUT2D eigenvalue weighted by atomic mass is 10.1. The Kier molecular flexibility index (Phi) is 7.48. The molecule has 2 rings (SSSR count). The molecule has 1 aromatic carbocycles. The SMILES string of the molecule is C=CCN(CCCOC)Cc1cccn1Cc1cccc(C(F)(F)F)c1. The number of rotatable bonds is 10. The van der Waals surface area contributed by atoms with Crippen molar-refractivity contribution >= 4 is 0 Å². The Bertz CT molecular complexity index is 694. The van der Waals surface area contributed by atoms with Gasteiger partial charge in [0.1, 0.15) is 0 Å². The fourth-order valence-corrected chi connectivity index (χ4v) is 2.87. The molecule has 3 nitrogen and oxygen atoms in total. The van der Waals surface area contributed by atoms with Gasteiger partial charge in [0.05, 0.1) is 5.56 Å². The second-order valence-electron chi connectivity index (χ2n) is 6.20. The maximum Gasteiger partial charge on any atom is 0.416 e. The molecular weight excluding hydrogens is 341 g/mol. The van der Waals surface area contributed by atoms with Gasteiger partial charge in [0.2, 0.25) is 0 Å². The molecule has 0 N–H and O–H groups in total. The van der Waals surface area contributed by atoms with Crippen molar-refractivity contribution in [2.45, 2.75) is 25.7 Å². The molecule has 1 heterocycles. The van der Waals surface area contributed by atoms with Gasteiger partial charge in [0.25, 0.3) is 0 Å². The summed E-state index contributed by atoms with van der Waals surface area (Å²) in [6.07, 6.45) is 0.347. The van der Waals surface area contributed by atoms with E-state index in [1.165, 1.54) is 12.1 Å². The van der Waals surface area contributed by atoms with E-state index in [2.05, 4.69) is 11.5 Å². The van der Waals surface area contributed by atoms with Crippen molar-refractivity contribution in [2.75, 3.05) is 26.8 Å². The zero-order chi connectivity index (χ0) is 19.0. The van der Waals surface area contributed by atoms with E-state index < -0.39 is 11.7 Å². The second kappa shape index (κ2) is 9.59. The molecule has 0 bridgehead atoms. The topological polar surface area (TPSA) is 17.4 Å². The van der Waals surface area contributed by atoms with E-state index in [1.54, 1.807) is 13.2 Å². The molecule has 2 aromatic rings. The second-order valence-corrected chi connectivity index (χ2v) is 6.20. The Morgan fingerprint density at radius 1 is 1.23 bits per heavy atom. The Hall–Kier alpha value is -2.05. The molecular formula is C20H25F3N2O. The van der Waals surface area contributed by atoms with Crippen LogP contribution in [0.4, 0.5) is 13.2 Å². The van der Waals surface area contributed by atoms with Crippen LogP contribution in [0, 0.1) is 0 Å². The number of alkyl halides is 3. The standard InChI is InChI=1S/C20H25F3N2O/c1-3-10-24(11-6-13-26-2)16-19-9-5-12-25(19)15-17-7-4-8-18(14-17)20(21,22)23/h3-5,7-9,12,14H,1,6,10-11,13,15-16H2,2H3. The van der Waals surface area contributed by atoms with E-state index in [4.69, 9.17) is 4.74 Å². The summed E-state index contributed by atoms with van der Waals surface area (Å²) in [5, 5.41) is 0. The van der Waals surface area contributed by atoms with Crippen molar-refractivity contribution in [3.63, 3.8) is 0 Å². The van der Waals surface area contributed by atoms with Crippen LogP contribution in [0.15, 0.2) is 55.3 Å². The van der Waals surface area contributed by atoms with Crippen LogP contribution < -0.4 is 0 Å². The lowest BCUT2D eigenvalue weighted by Crippen LogP contribution is -2.26. The van der Waals surface area contributed by atoms with Gasteiger partial charge < -0.3 is 9.30 Å². The molecule has 0 aliphatic rings. The summed E-state index contributed by atoms with van der Waals surface area (Å²) in [7, 11) is 1.68. The molecule has 0 amide bonds. The highest BCUT2D eigenvalue weighted by molar-refractivity contribution is 5.26. The highest BCUT2D eigenvalue weighted by atomic mass is 19.4. The van der Waals surface area contributed by atoms with Gasteiger partial charge in [0, 0.05) is 51.8 Å². The number of halogens is 3. The summed E-state index contributed by atoms with van der Waals surface area (Å²) in [4.78, 5) is 2.24. The largest absolute Gasteiger partial charge is 0.416 e. The van der Waals surface area contributed by atoms with E-state index in [1.807, 2.05) is 29.0 Å². The summed E-state index contributed by atoms with van der Waals surface area (Å²) in [6, 6.07) is 9.41. The predicted octanol–water partition coefficient (Wildman–Crippen LogP) is 4.58. The molecule has 26 heavy (non-hydrogen) atoms. The first-order chi connectivity index (χ1) is 12.4. The van der Waals surface area contributed by atoms with Gasteiger partial charge in [-0.05, 0) is 36.2 Å². The molecule has 0 atom stereocenters. The molecule has 0 saturated carbocycles. The monoisotopic (exact) mass is 366 g/mol. The molecule has 6 heteroatoms. The van der Waals surface area contributed by atoms with Gasteiger partial charge in [0.15, 0.2) is 0 Å².